The van der Waals surface area contributed by atoms with E-state index in [-0.39, 0.29) is 11.4 Å². The molecule has 0 atom stereocenters. The number of fused-ring (bicyclic) bond motifs is 1. The number of benzene rings is 2. The van der Waals surface area contributed by atoms with Gasteiger partial charge in [-0.1, -0.05) is 43.3 Å². The van der Waals surface area contributed by atoms with Crippen LogP contribution in [0.3, 0.4) is 0 Å². The van der Waals surface area contributed by atoms with Crippen LogP contribution in [0.25, 0.3) is 6.08 Å². The zero-order chi connectivity index (χ0) is 20.9. The van der Waals surface area contributed by atoms with Crippen molar-refractivity contribution in [2.75, 3.05) is 13.2 Å². The highest BCUT2D eigenvalue weighted by Crippen LogP contribution is 2.30. The van der Waals surface area contributed by atoms with Crippen LogP contribution in [0.4, 0.5) is 0 Å². The summed E-state index contributed by atoms with van der Waals surface area (Å²) in [7, 11) is 0. The van der Waals surface area contributed by atoms with Crippen LogP contribution in [0.15, 0.2) is 70.3 Å². The Bertz CT molecular complexity index is 1060. The molecule has 8 heteroatoms. The number of hydrazone groups is 1. The van der Waals surface area contributed by atoms with Crippen molar-refractivity contribution in [1.82, 2.24) is 5.01 Å². The Balaban J connectivity index is 1.48. The van der Waals surface area contributed by atoms with Gasteiger partial charge in [0, 0.05) is 5.56 Å². The molecule has 0 bridgehead atoms. The largest absolute Gasteiger partial charge is 0.490 e. The maximum atomic E-state index is 12.5. The summed E-state index contributed by atoms with van der Waals surface area (Å²) < 4.78 is 11.5. The van der Waals surface area contributed by atoms with Crippen LogP contribution in [0.5, 0.6) is 11.5 Å². The lowest BCUT2D eigenvalue weighted by molar-refractivity contribution is -0.114. The number of ether oxygens (including phenoxy) is 2. The first-order chi connectivity index (χ1) is 14.7. The van der Waals surface area contributed by atoms with Crippen molar-refractivity contribution in [2.24, 2.45) is 10.1 Å². The average Bonchev–Trinajstić information content (AvgIpc) is 3.19. The molecule has 1 amide bonds. The molecule has 4 rings (SSSR count). The standard InChI is InChI=1S/C22H20N4O3S/c1-2-19-25-26-20(23)17(21(27)24-22(26)30-19)14-15-8-6-7-11-18(15)29-13-12-28-16-9-4-3-5-10-16/h3-11,14,23H,2,12-13H2,1H3/b17-14-,23-20?. The van der Waals surface area contributed by atoms with Crippen LogP contribution in [-0.2, 0) is 4.79 Å². The van der Waals surface area contributed by atoms with Gasteiger partial charge in [-0.3, -0.25) is 10.2 Å². The fourth-order valence-electron chi connectivity index (χ4n) is 2.89. The number of para-hydroxylation sites is 2. The van der Waals surface area contributed by atoms with E-state index >= 15 is 0 Å². The molecule has 2 aromatic rings. The highest BCUT2D eigenvalue weighted by Gasteiger charge is 2.35. The van der Waals surface area contributed by atoms with Crippen molar-refractivity contribution >= 4 is 39.8 Å². The summed E-state index contributed by atoms with van der Waals surface area (Å²) >= 11 is 1.32. The lowest BCUT2D eigenvalue weighted by Gasteiger charge is -2.20. The quantitative estimate of drug-likeness (QED) is 0.536. The van der Waals surface area contributed by atoms with Crippen LogP contribution in [0.2, 0.25) is 0 Å². The molecule has 0 unspecified atom stereocenters. The minimum absolute atomic E-state index is 0.0168. The number of thioether (sulfide) groups is 1. The molecule has 2 aliphatic heterocycles. The normalized spacial score (nSPS) is 17.0. The van der Waals surface area contributed by atoms with Crippen molar-refractivity contribution in [3.8, 4) is 11.5 Å². The molecule has 30 heavy (non-hydrogen) atoms. The van der Waals surface area contributed by atoms with Gasteiger partial charge in [0.2, 0.25) is 5.17 Å². The van der Waals surface area contributed by atoms with Crippen LogP contribution in [0.1, 0.15) is 18.9 Å². The molecule has 2 heterocycles. The highest BCUT2D eigenvalue weighted by atomic mass is 32.2. The zero-order valence-corrected chi connectivity index (χ0v) is 17.2. The van der Waals surface area contributed by atoms with Gasteiger partial charge in [0.25, 0.3) is 5.91 Å². The number of carbonyl (C=O) groups excluding carboxylic acids is 1. The molecule has 0 aliphatic carbocycles. The molecule has 0 saturated carbocycles. The first-order valence-electron chi connectivity index (χ1n) is 9.54. The molecular weight excluding hydrogens is 400 g/mol. The Morgan fingerprint density at radius 2 is 1.80 bits per heavy atom. The smallest absolute Gasteiger partial charge is 0.283 e. The second kappa shape index (κ2) is 8.96. The van der Waals surface area contributed by atoms with E-state index in [0.717, 1.165) is 17.2 Å². The number of nitrogens with zero attached hydrogens (tertiary/aromatic N) is 3. The Morgan fingerprint density at radius 1 is 1.07 bits per heavy atom. The number of hydrogen-bond acceptors (Lipinski definition) is 6. The minimum Gasteiger partial charge on any atom is -0.490 e. The third-order valence-electron chi connectivity index (χ3n) is 4.37. The van der Waals surface area contributed by atoms with Crippen LogP contribution >= 0.6 is 11.8 Å². The van der Waals surface area contributed by atoms with E-state index in [1.54, 1.807) is 6.08 Å². The summed E-state index contributed by atoms with van der Waals surface area (Å²) in [5.41, 5.74) is 0.868. The average molecular weight is 420 g/mol. The first-order valence-corrected chi connectivity index (χ1v) is 10.4. The number of nitrogens with one attached hydrogen (secondary N) is 1. The molecule has 0 saturated heterocycles. The summed E-state index contributed by atoms with van der Waals surface area (Å²) in [6.45, 7) is 2.70. The maximum Gasteiger partial charge on any atom is 0.283 e. The summed E-state index contributed by atoms with van der Waals surface area (Å²) in [5, 5.41) is 15.5. The van der Waals surface area contributed by atoms with E-state index in [1.165, 1.54) is 16.8 Å². The number of amidine groups is 2. The van der Waals surface area contributed by atoms with E-state index in [9.17, 15) is 4.79 Å². The van der Waals surface area contributed by atoms with Crippen molar-refractivity contribution in [1.29, 1.82) is 5.41 Å². The maximum absolute atomic E-state index is 12.5. The Hall–Kier alpha value is -3.39. The van der Waals surface area contributed by atoms with Gasteiger partial charge in [0.15, 0.2) is 5.84 Å². The second-order valence-corrected chi connectivity index (χ2v) is 7.46. The van der Waals surface area contributed by atoms with E-state index in [0.29, 0.717) is 29.7 Å². The van der Waals surface area contributed by atoms with E-state index in [1.807, 2.05) is 61.5 Å². The van der Waals surface area contributed by atoms with Crippen molar-refractivity contribution in [3.05, 3.63) is 65.7 Å². The number of amides is 1. The third-order valence-corrected chi connectivity index (χ3v) is 5.42. The third kappa shape index (κ3) is 4.28. The van der Waals surface area contributed by atoms with Crippen LogP contribution < -0.4 is 9.47 Å². The van der Waals surface area contributed by atoms with Gasteiger partial charge < -0.3 is 9.47 Å². The topological polar surface area (TPSA) is 87.3 Å². The van der Waals surface area contributed by atoms with Crippen LogP contribution in [0, 0.1) is 5.41 Å². The fourth-order valence-corrected chi connectivity index (χ4v) is 3.71. The summed E-state index contributed by atoms with van der Waals surface area (Å²) in [6, 6.07) is 16.9. The second-order valence-electron chi connectivity index (χ2n) is 6.42. The van der Waals surface area contributed by atoms with Crippen LogP contribution in [-0.4, -0.2) is 40.2 Å². The minimum atomic E-state index is -0.450. The lowest BCUT2D eigenvalue weighted by atomic mass is 10.1. The summed E-state index contributed by atoms with van der Waals surface area (Å²) in [5.74, 6) is 0.948. The number of carbonyl (C=O) groups is 1. The molecule has 2 aliphatic rings. The monoisotopic (exact) mass is 420 g/mol. The molecule has 0 aromatic heterocycles. The summed E-state index contributed by atoms with van der Waals surface area (Å²) in [4.78, 5) is 16.6. The van der Waals surface area contributed by atoms with Gasteiger partial charge in [-0.15, -0.1) is 0 Å². The number of rotatable bonds is 7. The number of aliphatic imine (C=N–C) groups is 1. The molecule has 0 radical (unpaired) electrons. The molecule has 7 nitrogen and oxygen atoms in total. The van der Waals surface area contributed by atoms with Gasteiger partial charge in [-0.2, -0.15) is 15.1 Å². The van der Waals surface area contributed by atoms with Gasteiger partial charge in [0.1, 0.15) is 29.8 Å². The first kappa shape index (κ1) is 19.9. The zero-order valence-electron chi connectivity index (χ0n) is 16.4. The van der Waals surface area contributed by atoms with Gasteiger partial charge in [0.05, 0.1) is 5.57 Å². The van der Waals surface area contributed by atoms with Gasteiger partial charge in [-0.25, -0.2) is 0 Å². The van der Waals surface area contributed by atoms with E-state index < -0.39 is 5.91 Å². The summed E-state index contributed by atoms with van der Waals surface area (Å²) in [6.07, 6.45) is 2.35. The van der Waals surface area contributed by atoms with E-state index in [2.05, 4.69) is 10.1 Å². The van der Waals surface area contributed by atoms with Gasteiger partial charge >= 0.3 is 0 Å². The number of hydrogen-bond donors (Lipinski definition) is 1. The predicted molar refractivity (Wildman–Crippen MR) is 119 cm³/mol. The predicted octanol–water partition coefficient (Wildman–Crippen LogP) is 4.17. The molecule has 0 fully saturated rings. The molecule has 0 spiro atoms. The van der Waals surface area contributed by atoms with Crippen molar-refractivity contribution in [3.63, 3.8) is 0 Å². The lowest BCUT2D eigenvalue weighted by Crippen LogP contribution is -2.35. The fraction of sp³-hybridized carbons (Fsp3) is 0.182. The highest BCUT2D eigenvalue weighted by molar-refractivity contribution is 8.26. The van der Waals surface area contributed by atoms with Crippen molar-refractivity contribution < 1.29 is 14.3 Å². The molecule has 1 N–H and O–H groups in total. The molecule has 152 valence electrons. The van der Waals surface area contributed by atoms with Crippen molar-refractivity contribution in [2.45, 2.75) is 13.3 Å². The Kier molecular flexibility index (Phi) is 5.94. The molecule has 2 aromatic carbocycles. The Labute approximate surface area is 178 Å². The van der Waals surface area contributed by atoms with Gasteiger partial charge in [-0.05, 0) is 42.5 Å². The van der Waals surface area contributed by atoms with E-state index in [4.69, 9.17) is 14.9 Å². The Morgan fingerprint density at radius 3 is 2.60 bits per heavy atom. The SMILES string of the molecule is CCC1=NN2C(=N)/C(=C/c3ccccc3OCCOc3ccccc3)C(=O)N=C2S1. The molecular formula is C22H20N4O3S.